The summed E-state index contributed by atoms with van der Waals surface area (Å²) in [6, 6.07) is 5.73. The Kier molecular flexibility index (Phi) is 4.62. The van der Waals surface area contributed by atoms with Crippen molar-refractivity contribution in [1.29, 1.82) is 0 Å². The van der Waals surface area contributed by atoms with E-state index in [-0.39, 0.29) is 6.61 Å². The van der Waals surface area contributed by atoms with Gasteiger partial charge in [-0.1, -0.05) is 6.07 Å². The fourth-order valence-electron chi connectivity index (χ4n) is 2.59. The van der Waals surface area contributed by atoms with Gasteiger partial charge in [0.05, 0.1) is 23.2 Å². The highest BCUT2D eigenvalue weighted by molar-refractivity contribution is 5.87. The third-order valence-corrected chi connectivity index (χ3v) is 3.75. The molecule has 0 amide bonds. The molecule has 0 fully saturated rings. The molecule has 0 unspecified atom stereocenters. The van der Waals surface area contributed by atoms with Crippen LogP contribution in [0.4, 0.5) is 0 Å². The van der Waals surface area contributed by atoms with E-state index >= 15 is 0 Å². The number of H-pyrrole nitrogens is 1. The van der Waals surface area contributed by atoms with Crippen LogP contribution >= 0.6 is 0 Å². The number of aryl methyl sites for hydroxylation is 3. The number of hydrogen-bond acceptors (Lipinski definition) is 5. The molecule has 2 aromatic heterocycles. The number of aromatic amines is 1. The lowest BCUT2D eigenvalue weighted by Crippen LogP contribution is -2.17. The Labute approximate surface area is 134 Å². The van der Waals surface area contributed by atoms with Crippen LogP contribution in [0.25, 0.3) is 10.9 Å². The molecule has 1 aromatic carbocycles. The molecule has 3 aromatic rings. The van der Waals surface area contributed by atoms with Crippen molar-refractivity contribution < 1.29 is 14.3 Å². The number of aromatic nitrogens is 3. The van der Waals surface area contributed by atoms with Crippen LogP contribution < -0.4 is 4.74 Å². The van der Waals surface area contributed by atoms with E-state index in [1.54, 1.807) is 6.20 Å². The molecular weight excluding hydrogens is 294 g/mol. The van der Waals surface area contributed by atoms with Crippen molar-refractivity contribution in [2.24, 2.45) is 0 Å². The van der Waals surface area contributed by atoms with Gasteiger partial charge in [-0.05, 0) is 38.8 Å². The molecule has 2 heterocycles. The van der Waals surface area contributed by atoms with Gasteiger partial charge >= 0.3 is 0 Å². The van der Waals surface area contributed by atoms with Crippen LogP contribution in [0.5, 0.6) is 5.75 Å². The molecule has 0 saturated carbocycles. The van der Waals surface area contributed by atoms with E-state index in [1.807, 2.05) is 32.0 Å². The molecule has 0 spiro atoms. The second-order valence-corrected chi connectivity index (χ2v) is 5.72. The molecule has 0 saturated heterocycles. The number of rotatable bonds is 7. The molecule has 0 aliphatic heterocycles. The average Bonchev–Trinajstić information content (AvgIpc) is 3.12. The van der Waals surface area contributed by atoms with Gasteiger partial charge in [-0.2, -0.15) is 5.10 Å². The van der Waals surface area contributed by atoms with Crippen molar-refractivity contribution in [1.82, 2.24) is 15.2 Å². The van der Waals surface area contributed by atoms with Crippen LogP contribution in [-0.4, -0.2) is 33.0 Å². The quantitative estimate of drug-likeness (QED) is 0.700. The van der Waals surface area contributed by atoms with Gasteiger partial charge in [0.25, 0.3) is 0 Å². The summed E-state index contributed by atoms with van der Waals surface area (Å²) in [5.74, 6) is 2.28. The van der Waals surface area contributed by atoms with Gasteiger partial charge in [0.1, 0.15) is 18.1 Å². The van der Waals surface area contributed by atoms with Crippen LogP contribution in [0.3, 0.4) is 0 Å². The van der Waals surface area contributed by atoms with Crippen molar-refractivity contribution in [2.75, 3.05) is 6.61 Å². The van der Waals surface area contributed by atoms with Gasteiger partial charge in [-0.15, -0.1) is 0 Å². The Morgan fingerprint density at radius 2 is 2.22 bits per heavy atom. The summed E-state index contributed by atoms with van der Waals surface area (Å²) < 4.78 is 11.2. The highest BCUT2D eigenvalue weighted by atomic mass is 16.5. The lowest BCUT2D eigenvalue weighted by Gasteiger charge is -2.12. The molecule has 0 aliphatic carbocycles. The first-order valence-electron chi connectivity index (χ1n) is 7.79. The Balaban J connectivity index is 1.50. The van der Waals surface area contributed by atoms with Gasteiger partial charge in [-0.25, -0.2) is 4.98 Å². The maximum absolute atomic E-state index is 10.1. The molecule has 6 heteroatoms. The second kappa shape index (κ2) is 6.83. The maximum Gasteiger partial charge on any atom is 0.194 e. The number of fused-ring (bicyclic) bond motifs is 1. The lowest BCUT2D eigenvalue weighted by atomic mass is 10.1. The molecule has 0 aliphatic rings. The number of benzene rings is 1. The SMILES string of the molecule is Cc1cnc(CCC[C@H](O)COc2cccc3n[nH]c(C)c23)o1. The Bertz CT molecular complexity index is 778. The van der Waals surface area contributed by atoms with Crippen molar-refractivity contribution in [2.45, 2.75) is 39.2 Å². The summed E-state index contributed by atoms with van der Waals surface area (Å²) in [6.07, 6.45) is 3.36. The predicted molar refractivity (Wildman–Crippen MR) is 86.5 cm³/mol. The number of aliphatic hydroxyl groups excluding tert-OH is 1. The minimum atomic E-state index is -0.520. The second-order valence-electron chi connectivity index (χ2n) is 5.72. The smallest absolute Gasteiger partial charge is 0.194 e. The van der Waals surface area contributed by atoms with Gasteiger partial charge in [-0.3, -0.25) is 5.10 Å². The molecular formula is C17H21N3O3. The van der Waals surface area contributed by atoms with Crippen molar-refractivity contribution in [3.8, 4) is 5.75 Å². The molecule has 3 rings (SSSR count). The number of ether oxygens (including phenoxy) is 1. The zero-order valence-corrected chi connectivity index (χ0v) is 13.4. The van der Waals surface area contributed by atoms with Crippen molar-refractivity contribution in [3.63, 3.8) is 0 Å². The molecule has 0 radical (unpaired) electrons. The zero-order chi connectivity index (χ0) is 16.2. The molecule has 6 nitrogen and oxygen atoms in total. The van der Waals surface area contributed by atoms with E-state index in [0.29, 0.717) is 6.42 Å². The van der Waals surface area contributed by atoms with E-state index in [1.165, 1.54) is 0 Å². The summed E-state index contributed by atoms with van der Waals surface area (Å²) in [5, 5.41) is 18.2. The van der Waals surface area contributed by atoms with Crippen LogP contribution in [0.1, 0.15) is 30.2 Å². The first kappa shape index (κ1) is 15.6. The molecule has 0 bridgehead atoms. The zero-order valence-electron chi connectivity index (χ0n) is 13.4. The summed E-state index contributed by atoms with van der Waals surface area (Å²) >= 11 is 0. The topological polar surface area (TPSA) is 84.2 Å². The largest absolute Gasteiger partial charge is 0.490 e. The number of aliphatic hydroxyl groups is 1. The Morgan fingerprint density at radius 1 is 1.35 bits per heavy atom. The van der Waals surface area contributed by atoms with Gasteiger partial charge in [0, 0.05) is 12.1 Å². The van der Waals surface area contributed by atoms with Gasteiger partial charge in [0.15, 0.2) is 5.89 Å². The summed E-state index contributed by atoms with van der Waals surface area (Å²) in [5.41, 5.74) is 1.83. The van der Waals surface area contributed by atoms with Crippen molar-refractivity contribution >= 4 is 10.9 Å². The Hall–Kier alpha value is -2.34. The van der Waals surface area contributed by atoms with E-state index in [9.17, 15) is 5.11 Å². The highest BCUT2D eigenvalue weighted by Crippen LogP contribution is 2.27. The number of oxazole rings is 1. The number of nitrogens with zero attached hydrogens (tertiary/aromatic N) is 2. The number of nitrogens with one attached hydrogen (secondary N) is 1. The minimum absolute atomic E-state index is 0.258. The predicted octanol–water partition coefficient (Wildman–Crippen LogP) is 2.93. The van der Waals surface area contributed by atoms with Gasteiger partial charge in [0.2, 0.25) is 0 Å². The van der Waals surface area contributed by atoms with Crippen LogP contribution in [0, 0.1) is 13.8 Å². The fourth-order valence-corrected chi connectivity index (χ4v) is 2.59. The maximum atomic E-state index is 10.1. The fraction of sp³-hybridized carbons (Fsp3) is 0.412. The molecule has 2 N–H and O–H groups in total. The Morgan fingerprint density at radius 3 is 3.00 bits per heavy atom. The van der Waals surface area contributed by atoms with E-state index in [4.69, 9.17) is 9.15 Å². The summed E-state index contributed by atoms with van der Waals surface area (Å²) in [7, 11) is 0. The standard InChI is InChI=1S/C17H21N3O3/c1-11-9-18-16(23-11)8-3-5-13(21)10-22-15-7-4-6-14-17(15)12(2)19-20-14/h4,6-7,9,13,21H,3,5,8,10H2,1-2H3,(H,19,20)/t13-/m0/s1. The monoisotopic (exact) mass is 315 g/mol. The minimum Gasteiger partial charge on any atom is -0.490 e. The molecule has 1 atom stereocenters. The normalized spacial score (nSPS) is 12.7. The third kappa shape index (κ3) is 3.71. The first-order valence-corrected chi connectivity index (χ1v) is 7.79. The van der Waals surface area contributed by atoms with Gasteiger partial charge < -0.3 is 14.3 Å². The van der Waals surface area contributed by atoms with E-state index in [2.05, 4.69) is 15.2 Å². The summed E-state index contributed by atoms with van der Waals surface area (Å²) in [4.78, 5) is 4.15. The van der Waals surface area contributed by atoms with Crippen LogP contribution in [-0.2, 0) is 6.42 Å². The highest BCUT2D eigenvalue weighted by Gasteiger charge is 2.11. The third-order valence-electron chi connectivity index (χ3n) is 3.75. The van der Waals surface area contributed by atoms with Crippen molar-refractivity contribution in [3.05, 3.63) is 41.7 Å². The van der Waals surface area contributed by atoms with E-state index < -0.39 is 6.10 Å². The number of hydrogen-bond donors (Lipinski definition) is 2. The average molecular weight is 315 g/mol. The van der Waals surface area contributed by atoms with E-state index in [0.717, 1.165) is 46.8 Å². The first-order chi connectivity index (χ1) is 11.1. The van der Waals surface area contributed by atoms with Crippen LogP contribution in [0.2, 0.25) is 0 Å². The molecule has 122 valence electrons. The molecule has 23 heavy (non-hydrogen) atoms. The summed E-state index contributed by atoms with van der Waals surface area (Å²) in [6.45, 7) is 4.09. The van der Waals surface area contributed by atoms with Crippen LogP contribution in [0.15, 0.2) is 28.8 Å². The lowest BCUT2D eigenvalue weighted by molar-refractivity contribution is 0.0985.